The highest BCUT2D eigenvalue weighted by molar-refractivity contribution is 6.30. The summed E-state index contributed by atoms with van der Waals surface area (Å²) in [5.41, 5.74) is 6.59. The van der Waals surface area contributed by atoms with E-state index in [-0.39, 0.29) is 6.04 Å². The molecule has 0 aliphatic carbocycles. The van der Waals surface area contributed by atoms with Crippen molar-refractivity contribution in [2.45, 2.75) is 40.2 Å². The Morgan fingerprint density at radius 2 is 1.76 bits per heavy atom. The third-order valence-corrected chi connectivity index (χ3v) is 4.33. The summed E-state index contributed by atoms with van der Waals surface area (Å²) in [5, 5.41) is 4.48. The van der Waals surface area contributed by atoms with Gasteiger partial charge in [-0.1, -0.05) is 42.8 Å². The van der Waals surface area contributed by atoms with Gasteiger partial charge < -0.3 is 5.32 Å². The summed E-state index contributed by atoms with van der Waals surface area (Å²) in [4.78, 5) is 0. The number of hydrogen-bond donors (Lipinski definition) is 1. The normalized spacial score (nSPS) is 12.4. The Labute approximate surface area is 133 Å². The highest BCUT2D eigenvalue weighted by atomic mass is 35.5. The first-order valence-corrected chi connectivity index (χ1v) is 7.98. The van der Waals surface area contributed by atoms with Gasteiger partial charge in [-0.05, 0) is 73.7 Å². The minimum absolute atomic E-state index is 0.224. The zero-order valence-electron chi connectivity index (χ0n) is 13.3. The van der Waals surface area contributed by atoms with Crippen molar-refractivity contribution in [1.82, 2.24) is 5.32 Å². The fraction of sp³-hybridized carbons (Fsp3) is 0.368. The average molecular weight is 302 g/mol. The summed E-state index contributed by atoms with van der Waals surface area (Å²) >= 11 is 6.11. The van der Waals surface area contributed by atoms with Crippen LogP contribution >= 0.6 is 11.6 Å². The standard InChI is InChI=1S/C19H24ClN/c1-5-11-21-19(17-10-9-16(20)12-14(17)3)18-8-6-7-13(2)15(18)4/h6-10,12,19,21H,5,11H2,1-4H3. The van der Waals surface area contributed by atoms with E-state index in [1.165, 1.54) is 27.8 Å². The highest BCUT2D eigenvalue weighted by Crippen LogP contribution is 2.30. The van der Waals surface area contributed by atoms with E-state index in [4.69, 9.17) is 11.6 Å². The van der Waals surface area contributed by atoms with Gasteiger partial charge >= 0.3 is 0 Å². The Hall–Kier alpha value is -1.31. The molecule has 0 spiro atoms. The molecule has 0 radical (unpaired) electrons. The van der Waals surface area contributed by atoms with Gasteiger partial charge in [-0.2, -0.15) is 0 Å². The zero-order chi connectivity index (χ0) is 15.4. The van der Waals surface area contributed by atoms with E-state index in [0.717, 1.165) is 18.0 Å². The highest BCUT2D eigenvalue weighted by Gasteiger charge is 2.18. The first kappa shape index (κ1) is 16.1. The number of aryl methyl sites for hydroxylation is 2. The SMILES string of the molecule is CCCNC(c1ccc(Cl)cc1C)c1cccc(C)c1C. The van der Waals surface area contributed by atoms with Gasteiger partial charge in [0.2, 0.25) is 0 Å². The molecule has 2 rings (SSSR count). The van der Waals surface area contributed by atoms with Crippen LogP contribution in [0.25, 0.3) is 0 Å². The Bertz CT molecular complexity index is 619. The van der Waals surface area contributed by atoms with E-state index in [1.54, 1.807) is 0 Å². The van der Waals surface area contributed by atoms with Gasteiger partial charge in [-0.25, -0.2) is 0 Å². The predicted octanol–water partition coefficient (Wildman–Crippen LogP) is 5.35. The lowest BCUT2D eigenvalue weighted by molar-refractivity contribution is 0.593. The molecule has 21 heavy (non-hydrogen) atoms. The molecule has 0 amide bonds. The number of rotatable bonds is 5. The maximum atomic E-state index is 6.11. The molecule has 0 saturated carbocycles. The van der Waals surface area contributed by atoms with E-state index in [1.807, 2.05) is 12.1 Å². The van der Waals surface area contributed by atoms with E-state index in [0.29, 0.717) is 0 Å². The third-order valence-electron chi connectivity index (χ3n) is 4.10. The zero-order valence-corrected chi connectivity index (χ0v) is 14.1. The Morgan fingerprint density at radius 1 is 1.00 bits per heavy atom. The van der Waals surface area contributed by atoms with Crippen LogP contribution in [0.1, 0.15) is 47.2 Å². The largest absolute Gasteiger partial charge is 0.306 e. The molecule has 112 valence electrons. The second kappa shape index (κ2) is 7.11. The summed E-state index contributed by atoms with van der Waals surface area (Å²) < 4.78 is 0. The summed E-state index contributed by atoms with van der Waals surface area (Å²) in [5.74, 6) is 0. The molecule has 0 fully saturated rings. The predicted molar refractivity (Wildman–Crippen MR) is 92.2 cm³/mol. The van der Waals surface area contributed by atoms with Crippen LogP contribution < -0.4 is 5.32 Å². The molecule has 2 heteroatoms. The Morgan fingerprint density at radius 3 is 2.43 bits per heavy atom. The maximum absolute atomic E-state index is 6.11. The lowest BCUT2D eigenvalue weighted by atomic mass is 9.90. The minimum Gasteiger partial charge on any atom is -0.306 e. The monoisotopic (exact) mass is 301 g/mol. The van der Waals surface area contributed by atoms with Crippen molar-refractivity contribution >= 4 is 11.6 Å². The van der Waals surface area contributed by atoms with Gasteiger partial charge in [0.05, 0.1) is 6.04 Å². The van der Waals surface area contributed by atoms with Crippen molar-refractivity contribution in [1.29, 1.82) is 0 Å². The molecular weight excluding hydrogens is 278 g/mol. The first-order chi connectivity index (χ1) is 10.0. The van der Waals surface area contributed by atoms with Gasteiger partial charge in [-0.3, -0.25) is 0 Å². The van der Waals surface area contributed by atoms with E-state index >= 15 is 0 Å². The van der Waals surface area contributed by atoms with Crippen LogP contribution in [0.4, 0.5) is 0 Å². The fourth-order valence-corrected chi connectivity index (χ4v) is 2.95. The Balaban J connectivity index is 2.49. The molecule has 1 unspecified atom stereocenters. The van der Waals surface area contributed by atoms with Gasteiger partial charge in [0.15, 0.2) is 0 Å². The molecule has 0 saturated heterocycles. The lowest BCUT2D eigenvalue weighted by Gasteiger charge is -2.24. The molecule has 0 aliphatic rings. The molecule has 2 aromatic rings. The topological polar surface area (TPSA) is 12.0 Å². The first-order valence-electron chi connectivity index (χ1n) is 7.60. The lowest BCUT2D eigenvalue weighted by Crippen LogP contribution is -2.24. The van der Waals surface area contributed by atoms with Crippen LogP contribution in [-0.2, 0) is 0 Å². The van der Waals surface area contributed by atoms with Crippen molar-refractivity contribution in [3.05, 3.63) is 69.2 Å². The molecule has 0 heterocycles. The molecule has 1 nitrogen and oxygen atoms in total. The van der Waals surface area contributed by atoms with Gasteiger partial charge in [0.25, 0.3) is 0 Å². The number of hydrogen-bond acceptors (Lipinski definition) is 1. The van der Waals surface area contributed by atoms with Crippen LogP contribution in [0.2, 0.25) is 5.02 Å². The molecule has 1 N–H and O–H groups in total. The van der Waals surface area contributed by atoms with Crippen molar-refractivity contribution in [2.24, 2.45) is 0 Å². The van der Waals surface area contributed by atoms with Crippen LogP contribution in [0.3, 0.4) is 0 Å². The summed E-state index contributed by atoms with van der Waals surface area (Å²) in [6.45, 7) is 9.70. The maximum Gasteiger partial charge on any atom is 0.0582 e. The molecular formula is C19H24ClN. The summed E-state index contributed by atoms with van der Waals surface area (Å²) in [6.07, 6.45) is 1.12. The number of benzene rings is 2. The molecule has 1 atom stereocenters. The molecule has 0 aliphatic heterocycles. The van der Waals surface area contributed by atoms with Crippen LogP contribution in [0, 0.1) is 20.8 Å². The molecule has 2 aromatic carbocycles. The fourth-order valence-electron chi connectivity index (χ4n) is 2.73. The third kappa shape index (κ3) is 3.66. The molecule has 0 aromatic heterocycles. The van der Waals surface area contributed by atoms with Crippen LogP contribution in [0.15, 0.2) is 36.4 Å². The number of halogens is 1. The van der Waals surface area contributed by atoms with Crippen molar-refractivity contribution in [3.8, 4) is 0 Å². The van der Waals surface area contributed by atoms with Crippen molar-refractivity contribution < 1.29 is 0 Å². The van der Waals surface area contributed by atoms with Gasteiger partial charge in [0, 0.05) is 5.02 Å². The quantitative estimate of drug-likeness (QED) is 0.784. The van der Waals surface area contributed by atoms with Gasteiger partial charge in [0.1, 0.15) is 0 Å². The second-order valence-electron chi connectivity index (χ2n) is 5.68. The molecule has 0 bridgehead atoms. The second-order valence-corrected chi connectivity index (χ2v) is 6.11. The summed E-state index contributed by atoms with van der Waals surface area (Å²) in [7, 11) is 0. The van der Waals surface area contributed by atoms with Crippen LogP contribution in [0.5, 0.6) is 0 Å². The average Bonchev–Trinajstić information content (AvgIpc) is 2.45. The number of nitrogens with one attached hydrogen (secondary N) is 1. The van der Waals surface area contributed by atoms with Crippen molar-refractivity contribution in [2.75, 3.05) is 6.54 Å². The van der Waals surface area contributed by atoms with E-state index in [2.05, 4.69) is 57.3 Å². The minimum atomic E-state index is 0.224. The van der Waals surface area contributed by atoms with Crippen molar-refractivity contribution in [3.63, 3.8) is 0 Å². The van der Waals surface area contributed by atoms with Gasteiger partial charge in [-0.15, -0.1) is 0 Å². The van der Waals surface area contributed by atoms with E-state index in [9.17, 15) is 0 Å². The summed E-state index contributed by atoms with van der Waals surface area (Å²) in [6, 6.07) is 12.9. The van der Waals surface area contributed by atoms with Crippen LogP contribution in [-0.4, -0.2) is 6.54 Å². The van der Waals surface area contributed by atoms with E-state index < -0.39 is 0 Å². The smallest absolute Gasteiger partial charge is 0.0582 e. The Kier molecular flexibility index (Phi) is 5.44.